The lowest BCUT2D eigenvalue weighted by atomic mass is 10.0. The lowest BCUT2D eigenvalue weighted by molar-refractivity contribution is 0.217. The maximum Gasteiger partial charge on any atom is 0.162 e. The highest BCUT2D eigenvalue weighted by Crippen LogP contribution is 2.36. The van der Waals surface area contributed by atoms with Crippen molar-refractivity contribution in [1.29, 1.82) is 0 Å². The number of phenolic OH excluding ortho intramolecular Hbond substituents is 1. The highest BCUT2D eigenvalue weighted by atomic mass is 19.1. The van der Waals surface area contributed by atoms with Gasteiger partial charge in [-0.2, -0.15) is 0 Å². The molecule has 0 fully saturated rings. The summed E-state index contributed by atoms with van der Waals surface area (Å²) in [5.41, 5.74) is 3.04. The van der Waals surface area contributed by atoms with Crippen LogP contribution in [0.3, 0.4) is 0 Å². The molecular formula is C22H23FN2O2. The van der Waals surface area contributed by atoms with Crippen LogP contribution >= 0.6 is 0 Å². The number of para-hydroxylation sites is 1. The van der Waals surface area contributed by atoms with Crippen molar-refractivity contribution in [2.75, 3.05) is 13.7 Å². The van der Waals surface area contributed by atoms with Crippen molar-refractivity contribution >= 4 is 0 Å². The molecule has 1 N–H and O–H groups in total. The molecular weight excluding hydrogens is 343 g/mol. The molecule has 3 aromatic rings. The standard InChI is InChI=1S/C22H23FN2O2/c1-27-20-7-2-5-17(22(20)26)15-25-14-4-13-24-12-3-6-19(24)21(25)16-8-10-18(23)11-9-16/h2-3,5-12,21,26H,4,13-15H2,1H3/t21-/m1/s1. The Hall–Kier alpha value is -2.79. The number of phenols is 1. The van der Waals surface area contributed by atoms with Crippen molar-refractivity contribution in [3.05, 3.63) is 83.4 Å². The molecule has 1 aliphatic heterocycles. The van der Waals surface area contributed by atoms with Crippen molar-refractivity contribution in [3.8, 4) is 11.5 Å². The Balaban J connectivity index is 1.74. The Kier molecular flexibility index (Phi) is 4.86. The quantitative estimate of drug-likeness (QED) is 0.747. The summed E-state index contributed by atoms with van der Waals surface area (Å²) >= 11 is 0. The average Bonchev–Trinajstić information content (AvgIpc) is 3.06. The van der Waals surface area contributed by atoms with Gasteiger partial charge in [0, 0.05) is 37.1 Å². The van der Waals surface area contributed by atoms with Crippen molar-refractivity contribution in [2.24, 2.45) is 0 Å². The van der Waals surface area contributed by atoms with Gasteiger partial charge < -0.3 is 14.4 Å². The van der Waals surface area contributed by atoms with Gasteiger partial charge in [0.05, 0.1) is 13.2 Å². The van der Waals surface area contributed by atoms with Gasteiger partial charge in [-0.15, -0.1) is 0 Å². The minimum Gasteiger partial charge on any atom is -0.504 e. The monoisotopic (exact) mass is 366 g/mol. The second-order valence-electron chi connectivity index (χ2n) is 6.87. The van der Waals surface area contributed by atoms with Gasteiger partial charge in [-0.25, -0.2) is 4.39 Å². The number of ether oxygens (including phenoxy) is 1. The summed E-state index contributed by atoms with van der Waals surface area (Å²) in [6.45, 7) is 2.40. The molecule has 1 atom stereocenters. The molecule has 4 rings (SSSR count). The number of aromatic nitrogens is 1. The van der Waals surface area contributed by atoms with E-state index < -0.39 is 0 Å². The Labute approximate surface area is 158 Å². The number of methoxy groups -OCH3 is 1. The molecule has 0 aliphatic carbocycles. The average molecular weight is 366 g/mol. The Morgan fingerprint density at radius 2 is 1.89 bits per heavy atom. The predicted molar refractivity (Wildman–Crippen MR) is 102 cm³/mol. The fourth-order valence-corrected chi connectivity index (χ4v) is 3.92. The zero-order valence-electron chi connectivity index (χ0n) is 15.3. The number of nitrogens with zero attached hydrogens (tertiary/aromatic N) is 2. The van der Waals surface area contributed by atoms with Crippen LogP contribution in [0.25, 0.3) is 0 Å². The van der Waals surface area contributed by atoms with Crippen LogP contribution in [0.1, 0.15) is 29.3 Å². The normalized spacial score (nSPS) is 17.3. The molecule has 0 saturated carbocycles. The molecule has 140 valence electrons. The first-order valence-corrected chi connectivity index (χ1v) is 9.17. The van der Waals surface area contributed by atoms with Crippen LogP contribution in [-0.4, -0.2) is 28.2 Å². The van der Waals surface area contributed by atoms with Gasteiger partial charge in [0.15, 0.2) is 11.5 Å². The molecule has 0 bridgehead atoms. The fraction of sp³-hybridized carbons (Fsp3) is 0.273. The summed E-state index contributed by atoms with van der Waals surface area (Å²) in [5, 5.41) is 10.5. The van der Waals surface area contributed by atoms with Crippen LogP contribution in [0.5, 0.6) is 11.5 Å². The third-order valence-corrected chi connectivity index (χ3v) is 5.22. The molecule has 5 heteroatoms. The first-order valence-electron chi connectivity index (χ1n) is 9.17. The summed E-state index contributed by atoms with van der Waals surface area (Å²) in [7, 11) is 1.55. The van der Waals surface area contributed by atoms with E-state index in [1.54, 1.807) is 13.2 Å². The van der Waals surface area contributed by atoms with Crippen molar-refractivity contribution < 1.29 is 14.2 Å². The molecule has 2 aromatic carbocycles. The van der Waals surface area contributed by atoms with E-state index in [1.807, 2.05) is 24.3 Å². The molecule has 2 heterocycles. The summed E-state index contributed by atoms with van der Waals surface area (Å²) < 4.78 is 21.0. The summed E-state index contributed by atoms with van der Waals surface area (Å²) in [5.74, 6) is 0.418. The van der Waals surface area contributed by atoms with Gasteiger partial charge in [0.1, 0.15) is 5.82 Å². The van der Waals surface area contributed by atoms with E-state index in [9.17, 15) is 9.50 Å². The zero-order valence-corrected chi connectivity index (χ0v) is 15.3. The predicted octanol–water partition coefficient (Wildman–Crippen LogP) is 4.34. The molecule has 1 aromatic heterocycles. The molecule has 1 aliphatic rings. The van der Waals surface area contributed by atoms with E-state index in [0.29, 0.717) is 12.3 Å². The largest absolute Gasteiger partial charge is 0.504 e. The van der Waals surface area contributed by atoms with Gasteiger partial charge in [-0.05, 0) is 42.3 Å². The summed E-state index contributed by atoms with van der Waals surface area (Å²) in [4.78, 5) is 2.33. The highest BCUT2D eigenvalue weighted by molar-refractivity contribution is 5.45. The third-order valence-electron chi connectivity index (χ3n) is 5.22. The number of aromatic hydroxyl groups is 1. The van der Waals surface area contributed by atoms with Crippen LogP contribution < -0.4 is 4.74 Å². The van der Waals surface area contributed by atoms with Gasteiger partial charge in [-0.3, -0.25) is 4.90 Å². The second-order valence-corrected chi connectivity index (χ2v) is 6.87. The minimum absolute atomic E-state index is 0.00583. The number of hydrogen-bond donors (Lipinski definition) is 1. The Morgan fingerprint density at radius 1 is 1.07 bits per heavy atom. The lowest BCUT2D eigenvalue weighted by Crippen LogP contribution is -2.29. The first-order chi connectivity index (χ1) is 13.2. The highest BCUT2D eigenvalue weighted by Gasteiger charge is 2.28. The molecule has 0 spiro atoms. The Bertz CT molecular complexity index is 920. The van der Waals surface area contributed by atoms with Crippen molar-refractivity contribution in [1.82, 2.24) is 9.47 Å². The van der Waals surface area contributed by atoms with E-state index in [0.717, 1.165) is 30.6 Å². The fourth-order valence-electron chi connectivity index (χ4n) is 3.92. The second kappa shape index (κ2) is 7.45. The maximum atomic E-state index is 13.5. The van der Waals surface area contributed by atoms with Gasteiger partial charge in [0.2, 0.25) is 0 Å². The van der Waals surface area contributed by atoms with E-state index >= 15 is 0 Å². The van der Waals surface area contributed by atoms with E-state index in [-0.39, 0.29) is 17.6 Å². The summed E-state index contributed by atoms with van der Waals surface area (Å²) in [6.07, 6.45) is 3.10. The van der Waals surface area contributed by atoms with E-state index in [2.05, 4.69) is 27.8 Å². The number of aryl methyl sites for hydroxylation is 1. The molecule has 0 saturated heterocycles. The van der Waals surface area contributed by atoms with Crippen LogP contribution in [-0.2, 0) is 13.1 Å². The van der Waals surface area contributed by atoms with Gasteiger partial charge in [0.25, 0.3) is 0 Å². The number of hydrogen-bond acceptors (Lipinski definition) is 3. The smallest absolute Gasteiger partial charge is 0.162 e. The molecule has 4 nitrogen and oxygen atoms in total. The first kappa shape index (κ1) is 17.6. The minimum atomic E-state index is -0.236. The topological polar surface area (TPSA) is 37.6 Å². The SMILES string of the molecule is COc1cccc(CN2CCCn3cccc3[C@H]2c2ccc(F)cc2)c1O. The van der Waals surface area contributed by atoms with Crippen molar-refractivity contribution in [2.45, 2.75) is 25.6 Å². The van der Waals surface area contributed by atoms with Crippen LogP contribution in [0.2, 0.25) is 0 Å². The van der Waals surface area contributed by atoms with Crippen LogP contribution in [0.15, 0.2) is 60.8 Å². The maximum absolute atomic E-state index is 13.5. The van der Waals surface area contributed by atoms with Crippen LogP contribution in [0, 0.1) is 5.82 Å². The third kappa shape index (κ3) is 3.43. The Morgan fingerprint density at radius 3 is 2.67 bits per heavy atom. The lowest BCUT2D eigenvalue weighted by Gasteiger charge is -2.31. The molecule has 0 unspecified atom stereocenters. The molecule has 0 amide bonds. The van der Waals surface area contributed by atoms with Gasteiger partial charge >= 0.3 is 0 Å². The number of benzene rings is 2. The number of fused-ring (bicyclic) bond motifs is 1. The zero-order chi connectivity index (χ0) is 18.8. The molecule has 27 heavy (non-hydrogen) atoms. The van der Waals surface area contributed by atoms with Crippen molar-refractivity contribution in [3.63, 3.8) is 0 Å². The molecule has 0 radical (unpaired) electrons. The van der Waals surface area contributed by atoms with E-state index in [4.69, 9.17) is 4.74 Å². The number of halogens is 1. The van der Waals surface area contributed by atoms with Crippen LogP contribution in [0.4, 0.5) is 4.39 Å². The summed E-state index contributed by atoms with van der Waals surface area (Å²) in [6, 6.07) is 16.4. The number of rotatable bonds is 4. The van der Waals surface area contributed by atoms with Gasteiger partial charge in [-0.1, -0.05) is 24.3 Å². The van der Waals surface area contributed by atoms with E-state index in [1.165, 1.54) is 17.8 Å².